The Labute approximate surface area is 121 Å². The Morgan fingerprint density at radius 1 is 1.50 bits per heavy atom. The molecule has 1 saturated heterocycles. The van der Waals surface area contributed by atoms with Crippen molar-refractivity contribution in [3.05, 3.63) is 28.0 Å². The van der Waals surface area contributed by atoms with Crippen molar-refractivity contribution in [3.8, 4) is 0 Å². The molecular formula is C14H17NO4S. The van der Waals surface area contributed by atoms with Gasteiger partial charge in [0, 0.05) is 29.5 Å². The summed E-state index contributed by atoms with van der Waals surface area (Å²) in [5.41, 5.74) is 0.552. The molecule has 0 aromatic carbocycles. The zero-order chi connectivity index (χ0) is 14.4. The van der Waals surface area contributed by atoms with E-state index in [9.17, 15) is 9.59 Å². The third-order valence-electron chi connectivity index (χ3n) is 3.04. The number of nitrogens with one attached hydrogen (secondary N) is 1. The van der Waals surface area contributed by atoms with E-state index in [0.717, 1.165) is 36.8 Å². The van der Waals surface area contributed by atoms with Gasteiger partial charge in [0.1, 0.15) is 0 Å². The SMILES string of the molecule is O=C(O)C=Cc1cc(C(=O)NCC2CCCCO2)cs1. The lowest BCUT2D eigenvalue weighted by Crippen LogP contribution is -2.35. The second-order valence-corrected chi connectivity index (χ2v) is 5.55. The first-order chi connectivity index (χ1) is 9.65. The average molecular weight is 295 g/mol. The number of carbonyl (C=O) groups is 2. The number of rotatable bonds is 5. The van der Waals surface area contributed by atoms with E-state index in [1.165, 1.54) is 17.4 Å². The second-order valence-electron chi connectivity index (χ2n) is 4.61. The second kappa shape index (κ2) is 7.21. The molecule has 0 aliphatic carbocycles. The van der Waals surface area contributed by atoms with Gasteiger partial charge >= 0.3 is 5.97 Å². The van der Waals surface area contributed by atoms with Gasteiger partial charge in [0.2, 0.25) is 0 Å². The molecule has 6 heteroatoms. The van der Waals surface area contributed by atoms with Gasteiger partial charge in [-0.3, -0.25) is 4.79 Å². The minimum absolute atomic E-state index is 0.109. The van der Waals surface area contributed by atoms with Crippen LogP contribution in [0.5, 0.6) is 0 Å². The molecule has 2 rings (SSSR count). The van der Waals surface area contributed by atoms with Crippen molar-refractivity contribution < 1.29 is 19.4 Å². The van der Waals surface area contributed by atoms with E-state index in [2.05, 4.69) is 5.32 Å². The van der Waals surface area contributed by atoms with Crippen molar-refractivity contribution in [2.45, 2.75) is 25.4 Å². The van der Waals surface area contributed by atoms with Crippen molar-refractivity contribution in [1.29, 1.82) is 0 Å². The maximum atomic E-state index is 11.9. The number of thiophene rings is 1. The molecule has 2 N–H and O–H groups in total. The minimum atomic E-state index is -1.00. The average Bonchev–Trinajstić information content (AvgIpc) is 2.92. The quantitative estimate of drug-likeness (QED) is 0.816. The monoisotopic (exact) mass is 295 g/mol. The van der Waals surface area contributed by atoms with Gasteiger partial charge in [-0.15, -0.1) is 11.3 Å². The van der Waals surface area contributed by atoms with Crippen LogP contribution >= 0.6 is 11.3 Å². The molecule has 1 aromatic rings. The van der Waals surface area contributed by atoms with Crippen molar-refractivity contribution in [2.75, 3.05) is 13.2 Å². The first kappa shape index (κ1) is 14.7. The maximum absolute atomic E-state index is 11.9. The molecule has 1 aliphatic heterocycles. The van der Waals surface area contributed by atoms with Crippen LogP contribution in [0, 0.1) is 0 Å². The van der Waals surface area contributed by atoms with Crippen LogP contribution in [0.15, 0.2) is 17.5 Å². The molecule has 5 nitrogen and oxygen atoms in total. The highest BCUT2D eigenvalue weighted by molar-refractivity contribution is 7.11. The van der Waals surface area contributed by atoms with Gasteiger partial charge in [0.25, 0.3) is 5.91 Å². The normalized spacial score (nSPS) is 19.1. The fraction of sp³-hybridized carbons (Fsp3) is 0.429. The number of carboxylic acid groups (broad SMARTS) is 1. The standard InChI is InChI=1S/C14H17NO4S/c16-13(17)5-4-12-7-10(9-20-12)14(18)15-8-11-3-1-2-6-19-11/h4-5,7,9,11H,1-3,6,8H2,(H,15,18)(H,16,17). The van der Waals surface area contributed by atoms with Crippen molar-refractivity contribution >= 4 is 29.3 Å². The first-order valence-electron chi connectivity index (χ1n) is 6.54. The molecule has 1 aliphatic rings. The highest BCUT2D eigenvalue weighted by Crippen LogP contribution is 2.17. The Balaban J connectivity index is 1.84. The summed E-state index contributed by atoms with van der Waals surface area (Å²) in [5, 5.41) is 13.1. The van der Waals surface area contributed by atoms with E-state index >= 15 is 0 Å². The van der Waals surface area contributed by atoms with Crippen LogP contribution in [-0.4, -0.2) is 36.2 Å². The third kappa shape index (κ3) is 4.47. The molecule has 1 aromatic heterocycles. The van der Waals surface area contributed by atoms with Crippen LogP contribution < -0.4 is 5.32 Å². The lowest BCUT2D eigenvalue weighted by atomic mass is 10.1. The predicted octanol–water partition coefficient (Wildman–Crippen LogP) is 2.14. The number of ether oxygens (including phenoxy) is 1. The highest BCUT2D eigenvalue weighted by Gasteiger charge is 2.15. The summed E-state index contributed by atoms with van der Waals surface area (Å²) in [6.07, 6.45) is 5.86. The summed E-state index contributed by atoms with van der Waals surface area (Å²) in [7, 11) is 0. The first-order valence-corrected chi connectivity index (χ1v) is 7.42. The summed E-state index contributed by atoms with van der Waals surface area (Å²) < 4.78 is 5.55. The van der Waals surface area contributed by atoms with Gasteiger partial charge in [-0.25, -0.2) is 4.79 Å². The van der Waals surface area contributed by atoms with E-state index in [0.29, 0.717) is 12.1 Å². The molecule has 1 amide bonds. The Morgan fingerprint density at radius 2 is 2.35 bits per heavy atom. The lowest BCUT2D eigenvalue weighted by Gasteiger charge is -2.22. The smallest absolute Gasteiger partial charge is 0.328 e. The zero-order valence-electron chi connectivity index (χ0n) is 11.0. The maximum Gasteiger partial charge on any atom is 0.328 e. The Bertz CT molecular complexity index is 503. The summed E-state index contributed by atoms with van der Waals surface area (Å²) in [4.78, 5) is 23.1. The van der Waals surface area contributed by atoms with Gasteiger partial charge in [-0.2, -0.15) is 0 Å². The molecule has 2 heterocycles. The molecule has 0 spiro atoms. The minimum Gasteiger partial charge on any atom is -0.478 e. The number of carboxylic acids is 1. The topological polar surface area (TPSA) is 75.6 Å². The van der Waals surface area contributed by atoms with Crippen LogP contribution in [0.2, 0.25) is 0 Å². The summed E-state index contributed by atoms with van der Waals surface area (Å²) in [6, 6.07) is 1.68. The molecule has 1 unspecified atom stereocenters. The number of hydrogen-bond acceptors (Lipinski definition) is 4. The van der Waals surface area contributed by atoms with Gasteiger partial charge in [-0.1, -0.05) is 0 Å². The highest BCUT2D eigenvalue weighted by atomic mass is 32.1. The van der Waals surface area contributed by atoms with Crippen LogP contribution in [0.25, 0.3) is 6.08 Å². The Hall–Kier alpha value is -1.66. The molecular weight excluding hydrogens is 278 g/mol. The van der Waals surface area contributed by atoms with Crippen molar-refractivity contribution in [2.24, 2.45) is 0 Å². The number of amides is 1. The van der Waals surface area contributed by atoms with E-state index in [-0.39, 0.29) is 12.0 Å². The zero-order valence-corrected chi connectivity index (χ0v) is 11.8. The lowest BCUT2D eigenvalue weighted by molar-refractivity contribution is -0.131. The fourth-order valence-corrected chi connectivity index (χ4v) is 2.77. The van der Waals surface area contributed by atoms with Crippen LogP contribution in [0.4, 0.5) is 0 Å². The molecule has 20 heavy (non-hydrogen) atoms. The van der Waals surface area contributed by atoms with Gasteiger partial charge < -0.3 is 15.2 Å². The molecule has 0 bridgehead atoms. The number of aliphatic carboxylic acids is 1. The Kier molecular flexibility index (Phi) is 5.31. The summed E-state index contributed by atoms with van der Waals surface area (Å²) >= 11 is 1.34. The van der Waals surface area contributed by atoms with Gasteiger partial charge in [0.15, 0.2) is 0 Å². The number of hydrogen-bond donors (Lipinski definition) is 2. The van der Waals surface area contributed by atoms with Crippen LogP contribution in [0.1, 0.15) is 34.5 Å². The number of carbonyl (C=O) groups excluding carboxylic acids is 1. The predicted molar refractivity (Wildman–Crippen MR) is 76.9 cm³/mol. The van der Waals surface area contributed by atoms with Crippen molar-refractivity contribution in [3.63, 3.8) is 0 Å². The van der Waals surface area contributed by atoms with Gasteiger partial charge in [0.05, 0.1) is 11.7 Å². The summed E-state index contributed by atoms with van der Waals surface area (Å²) in [5.74, 6) is -1.15. The molecule has 108 valence electrons. The van der Waals surface area contributed by atoms with E-state index in [4.69, 9.17) is 9.84 Å². The fourth-order valence-electron chi connectivity index (χ4n) is 1.99. The van der Waals surface area contributed by atoms with E-state index in [1.54, 1.807) is 11.4 Å². The van der Waals surface area contributed by atoms with Crippen molar-refractivity contribution in [1.82, 2.24) is 5.32 Å². The molecule has 1 atom stereocenters. The van der Waals surface area contributed by atoms with Crippen LogP contribution in [-0.2, 0) is 9.53 Å². The van der Waals surface area contributed by atoms with E-state index < -0.39 is 5.97 Å². The Morgan fingerprint density at radius 3 is 3.05 bits per heavy atom. The van der Waals surface area contributed by atoms with E-state index in [1.807, 2.05) is 0 Å². The molecule has 1 fully saturated rings. The van der Waals surface area contributed by atoms with Gasteiger partial charge in [-0.05, 0) is 31.4 Å². The largest absolute Gasteiger partial charge is 0.478 e. The third-order valence-corrected chi connectivity index (χ3v) is 3.93. The van der Waals surface area contributed by atoms with Crippen LogP contribution in [0.3, 0.4) is 0 Å². The molecule has 0 radical (unpaired) electrons. The summed E-state index contributed by atoms with van der Waals surface area (Å²) in [6.45, 7) is 1.29. The molecule has 0 saturated carbocycles.